The van der Waals surface area contributed by atoms with Crippen molar-refractivity contribution in [3.05, 3.63) is 51.6 Å². The Labute approximate surface area is 200 Å². The number of benzene rings is 1. The highest BCUT2D eigenvalue weighted by molar-refractivity contribution is 5.69. The molecule has 2 aliphatic rings. The van der Waals surface area contributed by atoms with Gasteiger partial charge >= 0.3 is 5.97 Å². The number of fused-ring (bicyclic) bond motifs is 3. The number of ether oxygens (including phenoxy) is 2. The number of aryl methyl sites for hydroxylation is 1. The first-order chi connectivity index (χ1) is 16.4. The van der Waals surface area contributed by atoms with Crippen LogP contribution >= 0.6 is 0 Å². The van der Waals surface area contributed by atoms with Crippen LogP contribution in [0, 0.1) is 33.8 Å². The van der Waals surface area contributed by atoms with Gasteiger partial charge in [-0.15, -0.1) is 22.0 Å². The molecule has 1 aromatic carbocycles. The van der Waals surface area contributed by atoms with Crippen molar-refractivity contribution in [3.63, 3.8) is 0 Å². The molecule has 1 aliphatic heterocycles. The van der Waals surface area contributed by atoms with E-state index >= 15 is 0 Å². The summed E-state index contributed by atoms with van der Waals surface area (Å²) in [5.41, 5.74) is 2.28. The van der Waals surface area contributed by atoms with E-state index in [0.717, 1.165) is 24.2 Å². The summed E-state index contributed by atoms with van der Waals surface area (Å²) in [6, 6.07) is 6.18. The van der Waals surface area contributed by atoms with Crippen molar-refractivity contribution in [3.8, 4) is 17.6 Å². The molecule has 1 heterocycles. The van der Waals surface area contributed by atoms with Crippen LogP contribution in [0.3, 0.4) is 0 Å². The Balaban J connectivity index is 1.54. The quantitative estimate of drug-likeness (QED) is 0.123. The summed E-state index contributed by atoms with van der Waals surface area (Å²) in [5.74, 6) is 7.11. The normalized spacial score (nSPS) is 22.1. The van der Waals surface area contributed by atoms with Gasteiger partial charge < -0.3 is 19.4 Å². The van der Waals surface area contributed by atoms with E-state index in [1.807, 2.05) is 32.1 Å². The molecule has 34 heavy (non-hydrogen) atoms. The third-order valence-electron chi connectivity index (χ3n) is 6.51. The highest BCUT2D eigenvalue weighted by Crippen LogP contribution is 2.51. The van der Waals surface area contributed by atoms with Crippen molar-refractivity contribution in [2.45, 2.75) is 70.5 Å². The topological polar surface area (TPSA) is 108 Å². The molecule has 1 saturated carbocycles. The summed E-state index contributed by atoms with van der Waals surface area (Å²) in [6.45, 7) is 3.41. The fourth-order valence-corrected chi connectivity index (χ4v) is 4.72. The number of hydrogen-bond donors (Lipinski definition) is 1. The van der Waals surface area contributed by atoms with Crippen LogP contribution in [0.4, 0.5) is 0 Å². The van der Waals surface area contributed by atoms with E-state index in [9.17, 15) is 20.0 Å². The Bertz CT molecular complexity index is 948. The molecule has 8 heteroatoms. The van der Waals surface area contributed by atoms with Gasteiger partial charge in [0, 0.05) is 24.3 Å². The van der Waals surface area contributed by atoms with Gasteiger partial charge in [-0.25, -0.2) is 0 Å². The lowest BCUT2D eigenvalue weighted by atomic mass is 9.86. The number of hydrogen-bond acceptors (Lipinski definition) is 7. The highest BCUT2D eigenvalue weighted by atomic mass is 17.0. The first kappa shape index (κ1) is 25.6. The second-order valence-electron chi connectivity index (χ2n) is 8.87. The predicted octanol–water partition coefficient (Wildman–Crippen LogP) is 3.98. The van der Waals surface area contributed by atoms with E-state index < -0.39 is 17.2 Å². The minimum atomic E-state index is -0.912. The van der Waals surface area contributed by atoms with Crippen molar-refractivity contribution < 1.29 is 29.3 Å². The standard InChI is InChI=1S/C26H33NO7/c1-3-4-7-18(2)22(28)14-12-19-13-15-23-25(19)21-10-5-8-20(26(21)34-23)9-6-11-24(29)32-16-17-33-27(30)31/h5,8,10,12,14,18-19,22-23,25,28H,6-7,9,11,13,15-17H2,1-2H3/b14-12+. The number of esters is 1. The lowest BCUT2D eigenvalue weighted by molar-refractivity contribution is -0.757. The number of carbonyl (C=O) groups is 1. The van der Waals surface area contributed by atoms with Gasteiger partial charge in [0.1, 0.15) is 25.1 Å². The van der Waals surface area contributed by atoms with Gasteiger partial charge in [-0.1, -0.05) is 37.3 Å². The number of allylic oxidation sites excluding steroid dienone is 1. The number of carbonyl (C=O) groups excluding carboxylic acids is 1. The minimum absolute atomic E-state index is 0.0897. The average Bonchev–Trinajstić information content (AvgIpc) is 3.38. The summed E-state index contributed by atoms with van der Waals surface area (Å²) in [6.07, 6.45) is 7.85. The molecule has 0 aromatic heterocycles. The van der Waals surface area contributed by atoms with Gasteiger partial charge in [-0.05, 0) is 50.0 Å². The summed E-state index contributed by atoms with van der Waals surface area (Å²) >= 11 is 0. The minimum Gasteiger partial charge on any atom is -0.489 e. The van der Waals surface area contributed by atoms with Crippen LogP contribution in [0.15, 0.2) is 30.4 Å². The maximum absolute atomic E-state index is 11.8. The summed E-state index contributed by atoms with van der Waals surface area (Å²) in [5, 5.41) is 19.6. The largest absolute Gasteiger partial charge is 0.489 e. The third-order valence-corrected chi connectivity index (χ3v) is 6.51. The number of aliphatic hydroxyl groups is 1. The maximum atomic E-state index is 11.8. The van der Waals surface area contributed by atoms with Crippen LogP contribution in [-0.2, 0) is 20.8 Å². The molecular formula is C26H33NO7. The molecule has 0 spiro atoms. The van der Waals surface area contributed by atoms with Crippen molar-refractivity contribution in [2.24, 2.45) is 11.8 Å². The van der Waals surface area contributed by atoms with Crippen molar-refractivity contribution >= 4 is 5.97 Å². The van der Waals surface area contributed by atoms with E-state index in [0.29, 0.717) is 25.2 Å². The van der Waals surface area contributed by atoms with E-state index in [1.165, 1.54) is 5.56 Å². The zero-order valence-electron chi connectivity index (χ0n) is 19.8. The average molecular weight is 472 g/mol. The van der Waals surface area contributed by atoms with Crippen molar-refractivity contribution in [1.29, 1.82) is 0 Å². The molecule has 8 nitrogen and oxygen atoms in total. The Morgan fingerprint density at radius 2 is 2.21 bits per heavy atom. The van der Waals surface area contributed by atoms with Gasteiger partial charge in [0.25, 0.3) is 5.09 Å². The first-order valence-corrected chi connectivity index (χ1v) is 11.9. The number of aliphatic hydroxyl groups excluding tert-OH is 1. The molecule has 0 bridgehead atoms. The lowest BCUT2D eigenvalue weighted by Gasteiger charge is -2.17. The monoisotopic (exact) mass is 471 g/mol. The van der Waals surface area contributed by atoms with Gasteiger partial charge in [0.2, 0.25) is 0 Å². The SMILES string of the molecule is CC#CCC(C)C(O)/C=C/C1CCC2Oc3c(CCCC(=O)OCCO[N+](=O)[O-])cccc3C12. The zero-order chi connectivity index (χ0) is 24.5. The Kier molecular flexibility index (Phi) is 9.34. The fraction of sp³-hybridized carbons (Fsp3) is 0.577. The molecule has 0 saturated heterocycles. The molecule has 3 rings (SSSR count). The van der Waals surface area contributed by atoms with Crippen LogP contribution in [0.25, 0.3) is 0 Å². The van der Waals surface area contributed by atoms with Crippen molar-refractivity contribution in [2.75, 3.05) is 13.2 Å². The molecule has 0 radical (unpaired) electrons. The zero-order valence-corrected chi connectivity index (χ0v) is 19.8. The molecule has 184 valence electrons. The summed E-state index contributed by atoms with van der Waals surface area (Å²) < 4.78 is 11.3. The van der Waals surface area contributed by atoms with Crippen LogP contribution in [-0.4, -0.2) is 41.6 Å². The number of rotatable bonds is 12. The van der Waals surface area contributed by atoms with Gasteiger partial charge in [0.15, 0.2) is 0 Å². The van der Waals surface area contributed by atoms with E-state index in [4.69, 9.17) is 9.47 Å². The molecule has 1 aromatic rings. The third kappa shape index (κ3) is 6.73. The first-order valence-electron chi connectivity index (χ1n) is 11.9. The van der Waals surface area contributed by atoms with Gasteiger partial charge in [-0.3, -0.25) is 4.79 Å². The summed E-state index contributed by atoms with van der Waals surface area (Å²) in [4.78, 5) is 26.1. The number of para-hydroxylation sites is 1. The van der Waals surface area contributed by atoms with Crippen LogP contribution in [0.5, 0.6) is 5.75 Å². The van der Waals surface area contributed by atoms with E-state index in [1.54, 1.807) is 0 Å². The fourth-order valence-electron chi connectivity index (χ4n) is 4.72. The highest BCUT2D eigenvalue weighted by Gasteiger charge is 2.44. The maximum Gasteiger partial charge on any atom is 0.305 e. The Hall–Kier alpha value is -3.05. The van der Waals surface area contributed by atoms with Crippen LogP contribution < -0.4 is 4.74 Å². The molecule has 5 unspecified atom stereocenters. The molecule has 5 atom stereocenters. The lowest BCUT2D eigenvalue weighted by Crippen LogP contribution is -2.17. The Morgan fingerprint density at radius 3 is 2.97 bits per heavy atom. The second kappa shape index (κ2) is 12.4. The van der Waals surface area contributed by atoms with E-state index in [-0.39, 0.29) is 37.6 Å². The molecular weight excluding hydrogens is 438 g/mol. The van der Waals surface area contributed by atoms with Crippen molar-refractivity contribution in [1.82, 2.24) is 0 Å². The summed E-state index contributed by atoms with van der Waals surface area (Å²) in [7, 11) is 0. The second-order valence-corrected chi connectivity index (χ2v) is 8.87. The molecule has 1 aliphatic carbocycles. The van der Waals surface area contributed by atoms with E-state index in [2.05, 4.69) is 28.8 Å². The van der Waals surface area contributed by atoms with Crippen LogP contribution in [0.1, 0.15) is 63.0 Å². The molecule has 1 N–H and O–H groups in total. The Morgan fingerprint density at radius 1 is 1.38 bits per heavy atom. The predicted molar refractivity (Wildman–Crippen MR) is 126 cm³/mol. The van der Waals surface area contributed by atoms with Crippen LogP contribution in [0.2, 0.25) is 0 Å². The molecule has 0 amide bonds. The van der Waals surface area contributed by atoms with Gasteiger partial charge in [-0.2, -0.15) is 0 Å². The smallest absolute Gasteiger partial charge is 0.305 e. The molecule has 1 fully saturated rings. The number of nitrogens with zero attached hydrogens (tertiary/aromatic N) is 1. The van der Waals surface area contributed by atoms with Gasteiger partial charge in [0.05, 0.1) is 6.10 Å².